The first-order chi connectivity index (χ1) is 1.73. The quantitative estimate of drug-likeness (QED) is 0.538. The van der Waals surface area contributed by atoms with Crippen molar-refractivity contribution in [1.82, 2.24) is 4.90 Å². The highest BCUT2D eigenvalue weighted by Crippen LogP contribution is 1.47. The summed E-state index contributed by atoms with van der Waals surface area (Å²) in [5.74, 6) is 0. The number of hydrogen-bond donors (Lipinski definition) is 0. The molecule has 8 heavy (non-hydrogen) atoms. The van der Waals surface area contributed by atoms with E-state index in [1.807, 2.05) is 26.0 Å². The maximum atomic E-state index is 2.00. The Labute approximate surface area is 73.4 Å². The highest BCUT2D eigenvalue weighted by molar-refractivity contribution is 6.92. The SMILES string of the molecule is CN(C)C.Cl.Cl.Cl.P. The smallest absolute Gasteiger partial charge is 0.0140 e. The van der Waals surface area contributed by atoms with Crippen LogP contribution in [0.2, 0.25) is 0 Å². The summed E-state index contributed by atoms with van der Waals surface area (Å²) < 4.78 is 0. The summed E-state index contributed by atoms with van der Waals surface area (Å²) in [4.78, 5) is 2.00. The van der Waals surface area contributed by atoms with Crippen molar-refractivity contribution < 1.29 is 0 Å². The van der Waals surface area contributed by atoms with E-state index in [-0.39, 0.29) is 47.1 Å². The van der Waals surface area contributed by atoms with Crippen molar-refractivity contribution in [2.45, 2.75) is 0 Å². The highest BCUT2D eigenvalue weighted by atomic mass is 35.5. The predicted octanol–water partition coefficient (Wildman–Crippen LogP) is 1.50. The van der Waals surface area contributed by atoms with Gasteiger partial charge in [-0.15, -0.1) is 37.2 Å². The van der Waals surface area contributed by atoms with Gasteiger partial charge in [0.1, 0.15) is 0 Å². The first-order valence-corrected chi connectivity index (χ1v) is 1.34. The molecule has 5 heteroatoms. The van der Waals surface area contributed by atoms with E-state index in [0.29, 0.717) is 0 Å². The number of halogens is 3. The van der Waals surface area contributed by atoms with Crippen LogP contribution in [0, 0.1) is 0 Å². The van der Waals surface area contributed by atoms with E-state index in [9.17, 15) is 0 Å². The van der Waals surface area contributed by atoms with Gasteiger partial charge >= 0.3 is 0 Å². The topological polar surface area (TPSA) is 3.24 Å². The van der Waals surface area contributed by atoms with Crippen molar-refractivity contribution >= 4 is 47.1 Å². The van der Waals surface area contributed by atoms with Gasteiger partial charge in [-0.05, 0) is 21.1 Å². The highest BCUT2D eigenvalue weighted by Gasteiger charge is 1.58. The Kier molecular flexibility index (Phi) is 104. The lowest BCUT2D eigenvalue weighted by Gasteiger charge is -1.90. The lowest BCUT2D eigenvalue weighted by Crippen LogP contribution is -1.99. The Morgan fingerprint density at radius 3 is 0.750 bits per heavy atom. The van der Waals surface area contributed by atoms with E-state index in [2.05, 4.69) is 0 Å². The van der Waals surface area contributed by atoms with Crippen molar-refractivity contribution in [2.75, 3.05) is 21.1 Å². The van der Waals surface area contributed by atoms with E-state index in [1.54, 1.807) is 0 Å². The minimum atomic E-state index is 0. The molecule has 0 heterocycles. The molecule has 0 rings (SSSR count). The molecule has 0 N–H and O–H groups in total. The maximum absolute atomic E-state index is 2.00. The molecule has 1 nitrogen and oxygen atoms in total. The summed E-state index contributed by atoms with van der Waals surface area (Å²) in [6.45, 7) is 0. The third-order valence-corrected chi connectivity index (χ3v) is 0. The van der Waals surface area contributed by atoms with Gasteiger partial charge in [0.25, 0.3) is 0 Å². The molecule has 58 valence electrons. The molecular formula is C3H15Cl3NP. The van der Waals surface area contributed by atoms with Crippen molar-refractivity contribution in [2.24, 2.45) is 0 Å². The summed E-state index contributed by atoms with van der Waals surface area (Å²) in [6.07, 6.45) is 0. The minimum absolute atomic E-state index is 0. The van der Waals surface area contributed by atoms with Gasteiger partial charge in [-0.2, -0.15) is 9.90 Å². The van der Waals surface area contributed by atoms with Crippen LogP contribution >= 0.6 is 47.1 Å². The van der Waals surface area contributed by atoms with Gasteiger partial charge in [-0.1, -0.05) is 0 Å². The van der Waals surface area contributed by atoms with Gasteiger partial charge in [0.05, 0.1) is 0 Å². The van der Waals surface area contributed by atoms with Crippen LogP contribution < -0.4 is 0 Å². The van der Waals surface area contributed by atoms with Crippen molar-refractivity contribution in [3.05, 3.63) is 0 Å². The Morgan fingerprint density at radius 2 is 0.750 bits per heavy atom. The van der Waals surface area contributed by atoms with Crippen molar-refractivity contribution in [3.63, 3.8) is 0 Å². The van der Waals surface area contributed by atoms with Crippen LogP contribution in [0.4, 0.5) is 0 Å². The molecule has 1 atom stereocenters. The molecule has 0 aliphatic heterocycles. The molecular weight excluding hydrogens is 187 g/mol. The third-order valence-electron chi connectivity index (χ3n) is 0. The average molecular weight is 202 g/mol. The minimum Gasteiger partial charge on any atom is -0.312 e. The zero-order chi connectivity index (χ0) is 3.58. The van der Waals surface area contributed by atoms with Gasteiger partial charge in [-0.3, -0.25) is 0 Å². The molecule has 0 fully saturated rings. The second kappa shape index (κ2) is 24.0. The normalized spacial score (nSPS) is 4.50. The molecule has 0 saturated carbocycles. The van der Waals surface area contributed by atoms with E-state index in [4.69, 9.17) is 0 Å². The molecule has 1 unspecified atom stereocenters. The maximum Gasteiger partial charge on any atom is -0.0140 e. The van der Waals surface area contributed by atoms with Gasteiger partial charge in [0.15, 0.2) is 0 Å². The number of rotatable bonds is 0. The summed E-state index contributed by atoms with van der Waals surface area (Å²) >= 11 is 0. The largest absolute Gasteiger partial charge is 0.312 e. The Hall–Kier alpha value is 1.26. The van der Waals surface area contributed by atoms with Crippen LogP contribution in [0.25, 0.3) is 0 Å². The summed E-state index contributed by atoms with van der Waals surface area (Å²) in [6, 6.07) is 0. The van der Waals surface area contributed by atoms with Crippen molar-refractivity contribution in [3.8, 4) is 0 Å². The zero-order valence-corrected chi connectivity index (χ0v) is 9.24. The van der Waals surface area contributed by atoms with Crippen LogP contribution in [-0.2, 0) is 0 Å². The fraction of sp³-hybridized carbons (Fsp3) is 1.00. The standard InChI is InChI=1S/C3H9N.3ClH.H3P/c1-4(2)3;;;;/h1-3H3;3*1H;1H3. The fourth-order valence-corrected chi connectivity index (χ4v) is 0. The van der Waals surface area contributed by atoms with Crippen LogP contribution in [-0.4, -0.2) is 26.0 Å². The predicted molar refractivity (Wildman–Crippen MR) is 52.5 cm³/mol. The summed E-state index contributed by atoms with van der Waals surface area (Å²) in [5, 5.41) is 0. The number of nitrogens with zero attached hydrogens (tertiary/aromatic N) is 1. The molecule has 0 amide bonds. The molecule has 0 saturated heterocycles. The molecule has 0 aromatic carbocycles. The molecule has 0 bridgehead atoms. The molecule has 0 aromatic heterocycles. The van der Waals surface area contributed by atoms with Crippen LogP contribution in [0.5, 0.6) is 0 Å². The Morgan fingerprint density at radius 1 is 0.750 bits per heavy atom. The van der Waals surface area contributed by atoms with Gasteiger partial charge in [-0.25, -0.2) is 0 Å². The van der Waals surface area contributed by atoms with Crippen molar-refractivity contribution in [1.29, 1.82) is 0 Å². The first-order valence-electron chi connectivity index (χ1n) is 1.34. The van der Waals surface area contributed by atoms with E-state index in [0.717, 1.165) is 0 Å². The van der Waals surface area contributed by atoms with Crippen LogP contribution in [0.1, 0.15) is 0 Å². The zero-order valence-electron chi connectivity index (χ0n) is 5.38. The lowest BCUT2D eigenvalue weighted by molar-refractivity contribution is 0.505. The van der Waals surface area contributed by atoms with Crippen LogP contribution in [0.15, 0.2) is 0 Å². The van der Waals surface area contributed by atoms with Gasteiger partial charge < -0.3 is 4.90 Å². The molecule has 0 spiro atoms. The van der Waals surface area contributed by atoms with Crippen LogP contribution in [0.3, 0.4) is 0 Å². The molecule has 0 aromatic rings. The van der Waals surface area contributed by atoms with E-state index < -0.39 is 0 Å². The fourth-order valence-electron chi connectivity index (χ4n) is 0. The molecule has 0 radical (unpaired) electrons. The van der Waals surface area contributed by atoms with Gasteiger partial charge in [0.2, 0.25) is 0 Å². The lowest BCUT2D eigenvalue weighted by atomic mass is 11.0. The second-order valence-corrected chi connectivity index (χ2v) is 1.34. The monoisotopic (exact) mass is 201 g/mol. The summed E-state index contributed by atoms with van der Waals surface area (Å²) in [5.41, 5.74) is 0. The Bertz CT molecular complexity index is 19.2. The Balaban J connectivity index is -0.00000000750. The summed E-state index contributed by atoms with van der Waals surface area (Å²) in [7, 11) is 6.00. The average Bonchev–Trinajstić information content (AvgIpc) is 0.811. The van der Waals surface area contributed by atoms with Gasteiger partial charge in [0, 0.05) is 0 Å². The second-order valence-electron chi connectivity index (χ2n) is 1.34. The van der Waals surface area contributed by atoms with E-state index >= 15 is 0 Å². The number of hydrogen-bond acceptors (Lipinski definition) is 1. The molecule has 0 aliphatic rings. The molecule has 0 aliphatic carbocycles. The van der Waals surface area contributed by atoms with E-state index in [1.165, 1.54) is 0 Å². The first kappa shape index (κ1) is 34.8. The third kappa shape index (κ3) is 179.